The molecule has 5 aromatic carbocycles. The van der Waals surface area contributed by atoms with Gasteiger partial charge in [-0.05, 0) is 51.9 Å². The number of hydrogen-bond donors (Lipinski definition) is 0. The fraction of sp³-hybridized carbons (Fsp3) is 0.0256. The molecule has 1 aliphatic carbocycles. The Morgan fingerprint density at radius 1 is 0.372 bits per heavy atom. The Morgan fingerprint density at radius 3 is 1.53 bits per heavy atom. The van der Waals surface area contributed by atoms with Crippen molar-refractivity contribution in [1.29, 1.82) is 0 Å². The molecule has 4 heteroatoms. The van der Waals surface area contributed by atoms with Crippen LogP contribution in [0.1, 0.15) is 11.1 Å². The zero-order chi connectivity index (χ0) is 28.6. The van der Waals surface area contributed by atoms with Crippen molar-refractivity contribution in [1.82, 2.24) is 19.9 Å². The quantitative estimate of drug-likeness (QED) is 0.214. The van der Waals surface area contributed by atoms with Gasteiger partial charge in [-0.15, -0.1) is 0 Å². The third-order valence-electron chi connectivity index (χ3n) is 8.06. The molecule has 0 amide bonds. The Bertz CT molecular complexity index is 2050. The van der Waals surface area contributed by atoms with Crippen molar-refractivity contribution < 1.29 is 0 Å². The number of fused-ring (bicyclic) bond motifs is 3. The van der Waals surface area contributed by atoms with Crippen molar-refractivity contribution in [3.63, 3.8) is 0 Å². The largest absolute Gasteiger partial charge is 0.263 e. The van der Waals surface area contributed by atoms with E-state index in [1.807, 2.05) is 73.1 Å². The van der Waals surface area contributed by atoms with Crippen LogP contribution in [0.25, 0.3) is 67.5 Å². The summed E-state index contributed by atoms with van der Waals surface area (Å²) in [6.07, 6.45) is 4.93. The molecule has 0 saturated heterocycles. The summed E-state index contributed by atoms with van der Waals surface area (Å²) in [6, 6.07) is 46.0. The van der Waals surface area contributed by atoms with Gasteiger partial charge in [-0.2, -0.15) is 0 Å². The van der Waals surface area contributed by atoms with Crippen LogP contribution in [0.2, 0.25) is 0 Å². The standard InChI is InChI=1S/C39H26N4/c1-3-11-26(12-4-1)37-41-38(27-13-5-2-6-14-27)43-39(42-37)32-19-10-17-29(22-32)28-16-9-18-30(21-28)35-24-40-25-36-33-20-8-7-15-31(33)23-34(35)36/h1-22,24-25H,23H2. The van der Waals surface area contributed by atoms with Crippen molar-refractivity contribution in [3.05, 3.63) is 157 Å². The number of benzene rings is 5. The van der Waals surface area contributed by atoms with E-state index in [0.29, 0.717) is 17.5 Å². The maximum absolute atomic E-state index is 4.93. The lowest BCUT2D eigenvalue weighted by atomic mass is 9.95. The lowest BCUT2D eigenvalue weighted by Crippen LogP contribution is -2.00. The van der Waals surface area contributed by atoms with Gasteiger partial charge in [0.25, 0.3) is 0 Å². The van der Waals surface area contributed by atoms with Gasteiger partial charge in [-0.1, -0.05) is 121 Å². The monoisotopic (exact) mass is 550 g/mol. The fourth-order valence-electron chi connectivity index (χ4n) is 5.93. The van der Waals surface area contributed by atoms with Crippen LogP contribution in [0.15, 0.2) is 146 Å². The Kier molecular flexibility index (Phi) is 6.16. The van der Waals surface area contributed by atoms with Gasteiger partial charge in [-0.3, -0.25) is 4.98 Å². The van der Waals surface area contributed by atoms with Crippen molar-refractivity contribution in [3.8, 4) is 67.5 Å². The molecule has 1 aliphatic rings. The van der Waals surface area contributed by atoms with Crippen LogP contribution in [-0.4, -0.2) is 19.9 Å². The number of pyridine rings is 1. The van der Waals surface area contributed by atoms with E-state index >= 15 is 0 Å². The first-order valence-electron chi connectivity index (χ1n) is 14.4. The Labute approximate surface area is 250 Å². The molecular formula is C39H26N4. The van der Waals surface area contributed by atoms with Crippen LogP contribution in [0.5, 0.6) is 0 Å². The molecule has 0 N–H and O–H groups in total. The molecule has 2 heterocycles. The average Bonchev–Trinajstić information content (AvgIpc) is 3.48. The predicted octanol–water partition coefficient (Wildman–Crippen LogP) is 9.17. The normalized spacial score (nSPS) is 11.6. The van der Waals surface area contributed by atoms with E-state index in [0.717, 1.165) is 39.8 Å². The number of aromatic nitrogens is 4. The lowest BCUT2D eigenvalue weighted by molar-refractivity contribution is 1.07. The minimum atomic E-state index is 0.647. The van der Waals surface area contributed by atoms with Crippen molar-refractivity contribution in [2.45, 2.75) is 6.42 Å². The Balaban J connectivity index is 1.20. The van der Waals surface area contributed by atoms with E-state index in [4.69, 9.17) is 15.0 Å². The van der Waals surface area contributed by atoms with Gasteiger partial charge >= 0.3 is 0 Å². The Morgan fingerprint density at radius 2 is 0.860 bits per heavy atom. The van der Waals surface area contributed by atoms with Gasteiger partial charge in [-0.25, -0.2) is 15.0 Å². The maximum atomic E-state index is 4.93. The molecule has 0 bridgehead atoms. The van der Waals surface area contributed by atoms with Gasteiger partial charge in [0.05, 0.1) is 0 Å². The third kappa shape index (κ3) is 4.69. The van der Waals surface area contributed by atoms with E-state index in [-0.39, 0.29) is 0 Å². The summed E-state index contributed by atoms with van der Waals surface area (Å²) in [5, 5.41) is 0. The molecular weight excluding hydrogens is 524 g/mol. The Hall–Kier alpha value is -5.74. The van der Waals surface area contributed by atoms with Gasteiger partial charge in [0, 0.05) is 40.2 Å². The summed E-state index contributed by atoms with van der Waals surface area (Å²) < 4.78 is 0. The molecule has 4 nitrogen and oxygen atoms in total. The number of hydrogen-bond acceptors (Lipinski definition) is 4. The van der Waals surface area contributed by atoms with E-state index < -0.39 is 0 Å². The highest BCUT2D eigenvalue weighted by molar-refractivity contribution is 5.85. The second-order valence-electron chi connectivity index (χ2n) is 10.7. The summed E-state index contributed by atoms with van der Waals surface area (Å²) in [7, 11) is 0. The zero-order valence-corrected chi connectivity index (χ0v) is 23.4. The molecule has 43 heavy (non-hydrogen) atoms. The summed E-state index contributed by atoms with van der Waals surface area (Å²) in [5.41, 5.74) is 12.7. The van der Waals surface area contributed by atoms with Gasteiger partial charge < -0.3 is 0 Å². The maximum Gasteiger partial charge on any atom is 0.164 e. The first-order valence-corrected chi connectivity index (χ1v) is 14.4. The molecule has 0 spiro atoms. The minimum absolute atomic E-state index is 0.647. The molecule has 7 aromatic rings. The molecule has 0 saturated carbocycles. The van der Waals surface area contributed by atoms with Crippen LogP contribution in [-0.2, 0) is 6.42 Å². The highest BCUT2D eigenvalue weighted by Crippen LogP contribution is 2.41. The molecule has 2 aromatic heterocycles. The molecule has 0 unspecified atom stereocenters. The minimum Gasteiger partial charge on any atom is -0.263 e. The van der Waals surface area contributed by atoms with Crippen molar-refractivity contribution in [2.75, 3.05) is 0 Å². The number of rotatable bonds is 5. The molecule has 202 valence electrons. The summed E-state index contributed by atoms with van der Waals surface area (Å²) >= 11 is 0. The summed E-state index contributed by atoms with van der Waals surface area (Å²) in [4.78, 5) is 19.3. The second-order valence-corrected chi connectivity index (χ2v) is 10.7. The third-order valence-corrected chi connectivity index (χ3v) is 8.06. The van der Waals surface area contributed by atoms with Gasteiger partial charge in [0.15, 0.2) is 17.5 Å². The van der Waals surface area contributed by atoms with Gasteiger partial charge in [0.2, 0.25) is 0 Å². The van der Waals surface area contributed by atoms with E-state index in [2.05, 4.69) is 77.8 Å². The predicted molar refractivity (Wildman–Crippen MR) is 173 cm³/mol. The fourth-order valence-corrected chi connectivity index (χ4v) is 5.93. The molecule has 0 aliphatic heterocycles. The SMILES string of the molecule is c1ccc(-c2nc(-c3ccccc3)nc(-c3cccc(-c4cccc(-c5cncc6c5Cc5ccccc5-6)c4)c3)n2)cc1. The van der Waals surface area contributed by atoms with E-state index in [9.17, 15) is 0 Å². The molecule has 0 atom stereocenters. The van der Waals surface area contributed by atoms with Crippen LogP contribution >= 0.6 is 0 Å². The van der Waals surface area contributed by atoms with Crippen molar-refractivity contribution >= 4 is 0 Å². The molecule has 0 fully saturated rings. The smallest absolute Gasteiger partial charge is 0.164 e. The molecule has 8 rings (SSSR count). The van der Waals surface area contributed by atoms with Crippen LogP contribution < -0.4 is 0 Å². The lowest BCUT2D eigenvalue weighted by Gasteiger charge is -2.12. The van der Waals surface area contributed by atoms with Crippen LogP contribution in [0, 0.1) is 0 Å². The zero-order valence-electron chi connectivity index (χ0n) is 23.4. The first kappa shape index (κ1) is 25.0. The van der Waals surface area contributed by atoms with Gasteiger partial charge in [0.1, 0.15) is 0 Å². The number of nitrogens with zero attached hydrogens (tertiary/aromatic N) is 4. The highest BCUT2D eigenvalue weighted by atomic mass is 15.0. The van der Waals surface area contributed by atoms with Crippen LogP contribution in [0.4, 0.5) is 0 Å². The highest BCUT2D eigenvalue weighted by Gasteiger charge is 2.22. The van der Waals surface area contributed by atoms with E-state index in [1.54, 1.807) is 0 Å². The summed E-state index contributed by atoms with van der Waals surface area (Å²) in [5.74, 6) is 1.96. The second kappa shape index (κ2) is 10.6. The van der Waals surface area contributed by atoms with Crippen molar-refractivity contribution in [2.24, 2.45) is 0 Å². The average molecular weight is 551 g/mol. The van der Waals surface area contributed by atoms with Crippen LogP contribution in [0.3, 0.4) is 0 Å². The van der Waals surface area contributed by atoms with E-state index in [1.165, 1.54) is 27.8 Å². The first-order chi connectivity index (χ1) is 21.3. The topological polar surface area (TPSA) is 51.6 Å². The molecule has 0 radical (unpaired) electrons. The summed E-state index contributed by atoms with van der Waals surface area (Å²) in [6.45, 7) is 0.